The van der Waals surface area contributed by atoms with Crippen molar-refractivity contribution in [2.24, 2.45) is 0 Å². The van der Waals surface area contributed by atoms with Crippen LogP contribution in [0.25, 0.3) is 22.3 Å². The Morgan fingerprint density at radius 1 is 0.216 bits per heavy atom. The maximum absolute atomic E-state index is 2.12. The smallest absolute Gasteiger partial charge is 0.0184 e. The molecule has 0 aliphatic rings. The first-order chi connectivity index (χ1) is 18.3. The SMILES string of the molecule is Cc1ccccc1.c1ccc(-c2ccccc2)cc1.c1ccc(-c2ccccc2)cc1.c1ccccc1. The van der Waals surface area contributed by atoms with E-state index in [0.717, 1.165) is 0 Å². The van der Waals surface area contributed by atoms with Gasteiger partial charge >= 0.3 is 0 Å². The van der Waals surface area contributed by atoms with Crippen LogP contribution in [0.1, 0.15) is 5.56 Å². The summed E-state index contributed by atoms with van der Waals surface area (Å²) in [6, 6.07) is 63.8. The molecule has 0 fully saturated rings. The molecular weight excluding hydrogens is 444 g/mol. The Morgan fingerprint density at radius 2 is 0.378 bits per heavy atom. The van der Waals surface area contributed by atoms with E-state index in [1.807, 2.05) is 78.9 Å². The van der Waals surface area contributed by atoms with Crippen molar-refractivity contribution in [2.45, 2.75) is 6.92 Å². The molecule has 0 heteroatoms. The van der Waals surface area contributed by atoms with Gasteiger partial charge in [0.05, 0.1) is 0 Å². The lowest BCUT2D eigenvalue weighted by Gasteiger charge is -1.98. The minimum absolute atomic E-state index is 1.28. The van der Waals surface area contributed by atoms with Gasteiger partial charge in [0.2, 0.25) is 0 Å². The average molecular weight is 479 g/mol. The summed E-state index contributed by atoms with van der Waals surface area (Å²) in [6.45, 7) is 2.08. The first-order valence-electron chi connectivity index (χ1n) is 12.6. The van der Waals surface area contributed by atoms with Gasteiger partial charge in [0.1, 0.15) is 0 Å². The first kappa shape index (κ1) is 26.9. The van der Waals surface area contributed by atoms with E-state index in [-0.39, 0.29) is 0 Å². The van der Waals surface area contributed by atoms with Crippen molar-refractivity contribution in [3.63, 3.8) is 0 Å². The average Bonchev–Trinajstić information content (AvgIpc) is 3.01. The zero-order chi connectivity index (χ0) is 25.8. The highest BCUT2D eigenvalue weighted by atomic mass is 14.0. The largest absolute Gasteiger partial charge is 0.0623 e. The second kappa shape index (κ2) is 16.9. The molecule has 0 saturated heterocycles. The zero-order valence-electron chi connectivity index (χ0n) is 21.4. The fourth-order valence-electron chi connectivity index (χ4n) is 3.44. The Balaban J connectivity index is 0.000000143. The molecular formula is C37H34. The van der Waals surface area contributed by atoms with Gasteiger partial charge in [0.15, 0.2) is 0 Å². The molecule has 0 bridgehead atoms. The summed E-state index contributed by atoms with van der Waals surface area (Å²) in [5.41, 5.74) is 6.43. The second-order valence-electron chi connectivity index (χ2n) is 8.27. The lowest BCUT2D eigenvalue weighted by atomic mass is 10.1. The van der Waals surface area contributed by atoms with Crippen LogP contribution in [-0.4, -0.2) is 0 Å². The highest BCUT2D eigenvalue weighted by Crippen LogP contribution is 2.18. The third-order valence-corrected chi connectivity index (χ3v) is 5.37. The fourth-order valence-corrected chi connectivity index (χ4v) is 3.44. The Labute approximate surface area is 222 Å². The van der Waals surface area contributed by atoms with Gasteiger partial charge in [0, 0.05) is 0 Å². The number of benzene rings is 6. The lowest BCUT2D eigenvalue weighted by Crippen LogP contribution is -1.73. The van der Waals surface area contributed by atoms with E-state index in [1.54, 1.807) is 0 Å². The summed E-state index contributed by atoms with van der Waals surface area (Å²) in [7, 11) is 0. The standard InChI is InChI=1S/2C12H10.C7H8.C6H6/c2*1-3-7-11(8-4-1)12-9-5-2-6-10-12;1-7-5-3-2-4-6-7;1-2-4-6-5-3-1/h2*1-10H;2-6H,1H3;1-6H. The molecule has 0 saturated carbocycles. The number of hydrogen-bond donors (Lipinski definition) is 0. The number of hydrogen-bond acceptors (Lipinski definition) is 0. The highest BCUT2D eigenvalue weighted by molar-refractivity contribution is 5.63. The molecule has 0 radical (unpaired) electrons. The highest BCUT2D eigenvalue weighted by Gasteiger charge is 1.92. The van der Waals surface area contributed by atoms with Crippen molar-refractivity contribution in [2.75, 3.05) is 0 Å². The van der Waals surface area contributed by atoms with Crippen molar-refractivity contribution >= 4 is 0 Å². The molecule has 0 atom stereocenters. The lowest BCUT2D eigenvalue weighted by molar-refractivity contribution is 1.48. The van der Waals surface area contributed by atoms with Crippen LogP contribution >= 0.6 is 0 Å². The van der Waals surface area contributed by atoms with E-state index in [0.29, 0.717) is 0 Å². The summed E-state index contributed by atoms with van der Waals surface area (Å²) in [6.07, 6.45) is 0. The molecule has 0 spiro atoms. The van der Waals surface area contributed by atoms with Crippen LogP contribution < -0.4 is 0 Å². The molecule has 0 unspecified atom stereocenters. The van der Waals surface area contributed by atoms with Gasteiger partial charge in [-0.25, -0.2) is 0 Å². The molecule has 37 heavy (non-hydrogen) atoms. The predicted octanol–water partition coefficient (Wildman–Crippen LogP) is 10.4. The third-order valence-electron chi connectivity index (χ3n) is 5.37. The van der Waals surface area contributed by atoms with Crippen LogP contribution in [0.4, 0.5) is 0 Å². The third kappa shape index (κ3) is 11.1. The van der Waals surface area contributed by atoms with Gasteiger partial charge < -0.3 is 0 Å². The van der Waals surface area contributed by atoms with Crippen LogP contribution in [0.5, 0.6) is 0 Å². The molecule has 0 aliphatic heterocycles. The van der Waals surface area contributed by atoms with E-state index in [2.05, 4.69) is 116 Å². The van der Waals surface area contributed by atoms with E-state index >= 15 is 0 Å². The Bertz CT molecular complexity index is 1140. The topological polar surface area (TPSA) is 0 Å². The van der Waals surface area contributed by atoms with Crippen molar-refractivity contribution in [3.05, 3.63) is 194 Å². The van der Waals surface area contributed by atoms with Gasteiger partial charge in [-0.15, -0.1) is 0 Å². The maximum atomic E-state index is 2.12. The van der Waals surface area contributed by atoms with Gasteiger partial charge in [-0.1, -0.05) is 194 Å². The Hall–Kier alpha value is -4.68. The van der Waals surface area contributed by atoms with Gasteiger partial charge in [-0.05, 0) is 29.2 Å². The van der Waals surface area contributed by atoms with Gasteiger partial charge in [-0.2, -0.15) is 0 Å². The molecule has 0 heterocycles. The molecule has 6 aromatic carbocycles. The van der Waals surface area contributed by atoms with Crippen molar-refractivity contribution in [1.29, 1.82) is 0 Å². The monoisotopic (exact) mass is 478 g/mol. The summed E-state index contributed by atoms with van der Waals surface area (Å²) in [5, 5.41) is 0. The molecule has 182 valence electrons. The van der Waals surface area contributed by atoms with Crippen LogP contribution in [0, 0.1) is 6.92 Å². The molecule has 0 nitrogen and oxygen atoms in total. The first-order valence-corrected chi connectivity index (χ1v) is 12.6. The molecule has 0 amide bonds. The molecule has 6 aromatic rings. The zero-order valence-corrected chi connectivity index (χ0v) is 21.4. The number of aryl methyl sites for hydroxylation is 1. The summed E-state index contributed by atoms with van der Waals surface area (Å²) >= 11 is 0. The summed E-state index contributed by atoms with van der Waals surface area (Å²) < 4.78 is 0. The predicted molar refractivity (Wildman–Crippen MR) is 161 cm³/mol. The summed E-state index contributed by atoms with van der Waals surface area (Å²) in [4.78, 5) is 0. The van der Waals surface area contributed by atoms with Crippen molar-refractivity contribution in [1.82, 2.24) is 0 Å². The van der Waals surface area contributed by atoms with E-state index in [4.69, 9.17) is 0 Å². The molecule has 6 rings (SSSR count). The van der Waals surface area contributed by atoms with Gasteiger partial charge in [0.25, 0.3) is 0 Å². The van der Waals surface area contributed by atoms with Crippen LogP contribution in [0.3, 0.4) is 0 Å². The normalized spacial score (nSPS) is 9.22. The van der Waals surface area contributed by atoms with E-state index < -0.39 is 0 Å². The van der Waals surface area contributed by atoms with E-state index in [1.165, 1.54) is 27.8 Å². The molecule has 0 aliphatic carbocycles. The summed E-state index contributed by atoms with van der Waals surface area (Å²) in [5.74, 6) is 0. The Morgan fingerprint density at radius 3 is 0.541 bits per heavy atom. The Kier molecular flexibility index (Phi) is 12.3. The van der Waals surface area contributed by atoms with Crippen LogP contribution in [-0.2, 0) is 0 Å². The van der Waals surface area contributed by atoms with E-state index in [9.17, 15) is 0 Å². The van der Waals surface area contributed by atoms with Crippen molar-refractivity contribution < 1.29 is 0 Å². The molecule has 0 aromatic heterocycles. The quantitative estimate of drug-likeness (QED) is 0.232. The van der Waals surface area contributed by atoms with Crippen molar-refractivity contribution in [3.8, 4) is 22.3 Å². The van der Waals surface area contributed by atoms with Crippen LogP contribution in [0.15, 0.2) is 188 Å². The minimum atomic E-state index is 1.28. The maximum Gasteiger partial charge on any atom is -0.0184 e. The molecule has 0 N–H and O–H groups in total. The second-order valence-corrected chi connectivity index (χ2v) is 8.27. The number of rotatable bonds is 2. The van der Waals surface area contributed by atoms with Crippen LogP contribution in [0.2, 0.25) is 0 Å². The fraction of sp³-hybridized carbons (Fsp3) is 0.0270. The minimum Gasteiger partial charge on any atom is -0.0623 e. The van der Waals surface area contributed by atoms with Gasteiger partial charge in [-0.3, -0.25) is 0 Å².